The largest absolute Gasteiger partial charge is 0.464 e. The number of nitrogens with zero attached hydrogens (tertiary/aromatic N) is 2. The zero-order valence-electron chi connectivity index (χ0n) is 13.2. The van der Waals surface area contributed by atoms with Crippen molar-refractivity contribution in [1.29, 1.82) is 5.26 Å². The standard InChI is InChI=1S/C19H20N2O2/c1-2-23-19(22)18(13-20)21(14-16-9-5-3-6-10-16)15-17-11-7-4-8-12-17/h3-12,18H,2,14-15H2,1H3. The molecule has 0 saturated carbocycles. The third kappa shape index (κ3) is 4.94. The van der Waals surface area contributed by atoms with E-state index in [1.165, 1.54) is 0 Å². The van der Waals surface area contributed by atoms with Crippen molar-refractivity contribution in [3.8, 4) is 6.07 Å². The maximum atomic E-state index is 12.1. The van der Waals surface area contributed by atoms with Crippen LogP contribution in [0.2, 0.25) is 0 Å². The highest BCUT2D eigenvalue weighted by Gasteiger charge is 2.27. The summed E-state index contributed by atoms with van der Waals surface area (Å²) >= 11 is 0. The van der Waals surface area contributed by atoms with Crippen LogP contribution in [0.3, 0.4) is 0 Å². The van der Waals surface area contributed by atoms with Gasteiger partial charge in [-0.05, 0) is 18.1 Å². The van der Waals surface area contributed by atoms with Gasteiger partial charge in [-0.15, -0.1) is 0 Å². The van der Waals surface area contributed by atoms with Crippen molar-refractivity contribution in [2.45, 2.75) is 26.1 Å². The summed E-state index contributed by atoms with van der Waals surface area (Å²) in [4.78, 5) is 13.9. The van der Waals surface area contributed by atoms with Gasteiger partial charge in [0.1, 0.15) is 0 Å². The van der Waals surface area contributed by atoms with Gasteiger partial charge >= 0.3 is 5.97 Å². The molecule has 0 saturated heterocycles. The molecular weight excluding hydrogens is 288 g/mol. The zero-order chi connectivity index (χ0) is 16.5. The highest BCUT2D eigenvalue weighted by atomic mass is 16.5. The molecule has 1 unspecified atom stereocenters. The monoisotopic (exact) mass is 308 g/mol. The normalized spacial score (nSPS) is 11.7. The lowest BCUT2D eigenvalue weighted by molar-refractivity contribution is -0.147. The molecule has 2 aromatic carbocycles. The number of hydrogen-bond acceptors (Lipinski definition) is 4. The summed E-state index contributed by atoms with van der Waals surface area (Å²) in [6.07, 6.45) is 0. The lowest BCUT2D eigenvalue weighted by Gasteiger charge is -2.26. The van der Waals surface area contributed by atoms with Crippen LogP contribution in [-0.2, 0) is 22.6 Å². The van der Waals surface area contributed by atoms with Crippen molar-refractivity contribution < 1.29 is 9.53 Å². The number of benzene rings is 2. The molecule has 118 valence electrons. The van der Waals surface area contributed by atoms with Crippen LogP contribution in [0.1, 0.15) is 18.1 Å². The summed E-state index contributed by atoms with van der Waals surface area (Å²) in [5.41, 5.74) is 2.10. The molecule has 0 aliphatic heterocycles. The first-order chi connectivity index (χ1) is 11.2. The van der Waals surface area contributed by atoms with Gasteiger partial charge in [-0.2, -0.15) is 5.26 Å². The Morgan fingerprint density at radius 1 is 1.04 bits per heavy atom. The minimum atomic E-state index is -0.921. The molecule has 4 heteroatoms. The smallest absolute Gasteiger partial charge is 0.338 e. The second-order valence-electron chi connectivity index (χ2n) is 5.16. The van der Waals surface area contributed by atoms with E-state index in [0.29, 0.717) is 13.1 Å². The molecule has 2 aromatic rings. The van der Waals surface area contributed by atoms with E-state index in [2.05, 4.69) is 6.07 Å². The Kier molecular flexibility index (Phi) is 6.34. The first kappa shape index (κ1) is 16.7. The van der Waals surface area contributed by atoms with Crippen molar-refractivity contribution >= 4 is 5.97 Å². The molecular formula is C19H20N2O2. The van der Waals surface area contributed by atoms with Crippen LogP contribution < -0.4 is 0 Å². The molecule has 2 rings (SSSR count). The molecule has 0 bridgehead atoms. The molecule has 0 aromatic heterocycles. The Morgan fingerprint density at radius 2 is 1.52 bits per heavy atom. The minimum absolute atomic E-state index is 0.265. The minimum Gasteiger partial charge on any atom is -0.464 e. The number of ether oxygens (including phenoxy) is 1. The molecule has 4 nitrogen and oxygen atoms in total. The first-order valence-corrected chi connectivity index (χ1v) is 7.62. The number of carbonyl (C=O) groups is 1. The predicted octanol–water partition coefficient (Wildman–Crippen LogP) is 3.14. The van der Waals surface area contributed by atoms with E-state index in [1.807, 2.05) is 65.6 Å². The number of carbonyl (C=O) groups excluding carboxylic acids is 1. The Bertz CT molecular complexity index is 609. The summed E-state index contributed by atoms with van der Waals surface area (Å²) in [7, 11) is 0. The summed E-state index contributed by atoms with van der Waals surface area (Å²) in [5, 5.41) is 9.46. The molecule has 0 aliphatic carbocycles. The Labute approximate surface area is 136 Å². The summed E-state index contributed by atoms with van der Waals surface area (Å²) in [6.45, 7) is 3.02. The van der Waals surface area contributed by atoms with Crippen LogP contribution in [-0.4, -0.2) is 23.5 Å². The summed E-state index contributed by atoms with van der Waals surface area (Å²) in [5.74, 6) is -0.498. The van der Waals surface area contributed by atoms with Gasteiger partial charge in [0.15, 0.2) is 6.04 Å². The Hall–Kier alpha value is -2.64. The number of rotatable bonds is 7. The average Bonchev–Trinajstić information content (AvgIpc) is 2.57. The van der Waals surface area contributed by atoms with Crippen LogP contribution in [0.4, 0.5) is 0 Å². The van der Waals surface area contributed by atoms with Crippen LogP contribution in [0.15, 0.2) is 60.7 Å². The van der Waals surface area contributed by atoms with Crippen molar-refractivity contribution in [3.05, 3.63) is 71.8 Å². The lowest BCUT2D eigenvalue weighted by atomic mass is 10.1. The van der Waals surface area contributed by atoms with Crippen LogP contribution in [0.25, 0.3) is 0 Å². The van der Waals surface area contributed by atoms with Gasteiger partial charge in [-0.3, -0.25) is 4.90 Å². The summed E-state index contributed by atoms with van der Waals surface area (Å²) in [6, 6.07) is 20.8. The third-order valence-electron chi connectivity index (χ3n) is 3.45. The fraction of sp³-hybridized carbons (Fsp3) is 0.263. The topological polar surface area (TPSA) is 53.3 Å². The van der Waals surface area contributed by atoms with Crippen molar-refractivity contribution in [2.75, 3.05) is 6.61 Å². The van der Waals surface area contributed by atoms with E-state index in [-0.39, 0.29) is 6.61 Å². The van der Waals surface area contributed by atoms with Gasteiger partial charge in [0.25, 0.3) is 0 Å². The second kappa shape index (κ2) is 8.72. The zero-order valence-corrected chi connectivity index (χ0v) is 13.2. The van der Waals surface area contributed by atoms with Crippen LogP contribution in [0.5, 0.6) is 0 Å². The highest BCUT2D eigenvalue weighted by Crippen LogP contribution is 2.14. The van der Waals surface area contributed by atoms with Gasteiger partial charge in [-0.1, -0.05) is 60.7 Å². The molecule has 23 heavy (non-hydrogen) atoms. The van der Waals surface area contributed by atoms with Crippen molar-refractivity contribution in [3.63, 3.8) is 0 Å². The van der Waals surface area contributed by atoms with E-state index < -0.39 is 12.0 Å². The number of esters is 1. The van der Waals surface area contributed by atoms with E-state index in [0.717, 1.165) is 11.1 Å². The Morgan fingerprint density at radius 3 is 1.91 bits per heavy atom. The van der Waals surface area contributed by atoms with E-state index >= 15 is 0 Å². The molecule has 0 spiro atoms. The van der Waals surface area contributed by atoms with Crippen molar-refractivity contribution in [2.24, 2.45) is 0 Å². The maximum absolute atomic E-state index is 12.1. The molecule has 0 amide bonds. The molecule has 0 N–H and O–H groups in total. The molecule has 1 atom stereocenters. The quantitative estimate of drug-likeness (QED) is 0.737. The fourth-order valence-electron chi connectivity index (χ4n) is 2.38. The van der Waals surface area contributed by atoms with Crippen LogP contribution >= 0.6 is 0 Å². The van der Waals surface area contributed by atoms with Gasteiger partial charge in [0.2, 0.25) is 0 Å². The molecule has 0 heterocycles. The van der Waals surface area contributed by atoms with Gasteiger partial charge in [0.05, 0.1) is 12.7 Å². The van der Waals surface area contributed by atoms with Crippen LogP contribution in [0, 0.1) is 11.3 Å². The van der Waals surface area contributed by atoms with Gasteiger partial charge in [0, 0.05) is 13.1 Å². The highest BCUT2D eigenvalue weighted by molar-refractivity contribution is 5.78. The summed E-state index contributed by atoms with van der Waals surface area (Å²) < 4.78 is 5.05. The van der Waals surface area contributed by atoms with Crippen molar-refractivity contribution in [1.82, 2.24) is 4.90 Å². The number of nitriles is 1. The predicted molar refractivity (Wildman–Crippen MR) is 88.2 cm³/mol. The maximum Gasteiger partial charge on any atom is 0.338 e. The van der Waals surface area contributed by atoms with E-state index in [4.69, 9.17) is 4.74 Å². The fourth-order valence-corrected chi connectivity index (χ4v) is 2.38. The Balaban J connectivity index is 2.22. The SMILES string of the molecule is CCOC(=O)C(C#N)N(Cc1ccccc1)Cc1ccccc1. The average molecular weight is 308 g/mol. The third-order valence-corrected chi connectivity index (χ3v) is 3.45. The lowest BCUT2D eigenvalue weighted by Crippen LogP contribution is -2.40. The van der Waals surface area contributed by atoms with E-state index in [1.54, 1.807) is 6.92 Å². The first-order valence-electron chi connectivity index (χ1n) is 7.62. The molecule has 0 radical (unpaired) electrons. The van der Waals surface area contributed by atoms with Gasteiger partial charge in [-0.25, -0.2) is 4.79 Å². The van der Waals surface area contributed by atoms with E-state index in [9.17, 15) is 10.1 Å². The molecule has 0 fully saturated rings. The number of hydrogen-bond donors (Lipinski definition) is 0. The second-order valence-corrected chi connectivity index (χ2v) is 5.16. The van der Waals surface area contributed by atoms with Gasteiger partial charge < -0.3 is 4.74 Å². The molecule has 0 aliphatic rings.